The van der Waals surface area contributed by atoms with Gasteiger partial charge < -0.3 is 14.8 Å². The van der Waals surface area contributed by atoms with Gasteiger partial charge in [-0.05, 0) is 41.1 Å². The Kier molecular flexibility index (Phi) is 6.44. The number of rotatable bonds is 7. The van der Waals surface area contributed by atoms with Gasteiger partial charge in [0.2, 0.25) is 5.91 Å². The van der Waals surface area contributed by atoms with Crippen LogP contribution in [-0.2, 0) is 4.79 Å². The summed E-state index contributed by atoms with van der Waals surface area (Å²) in [5.74, 6) is 1.51. The highest BCUT2D eigenvalue weighted by molar-refractivity contribution is 7.10. The lowest BCUT2D eigenvalue weighted by Gasteiger charge is -2.20. The summed E-state index contributed by atoms with van der Waals surface area (Å²) in [7, 11) is 3.18. The summed E-state index contributed by atoms with van der Waals surface area (Å²) in [4.78, 5) is 13.4. The molecule has 4 nitrogen and oxygen atoms in total. The predicted octanol–water partition coefficient (Wildman–Crippen LogP) is 4.29. The zero-order valence-corrected chi connectivity index (χ0v) is 15.2. The quantitative estimate of drug-likeness (QED) is 0.762. The number of nitrogens with one attached hydrogen (secondary N) is 1. The van der Waals surface area contributed by atoms with Crippen molar-refractivity contribution in [2.24, 2.45) is 5.92 Å². The van der Waals surface area contributed by atoms with Gasteiger partial charge >= 0.3 is 0 Å². The predicted molar refractivity (Wildman–Crippen MR) is 98.6 cm³/mol. The highest BCUT2D eigenvalue weighted by atomic mass is 32.1. The van der Waals surface area contributed by atoms with Gasteiger partial charge in [0, 0.05) is 11.0 Å². The van der Waals surface area contributed by atoms with Gasteiger partial charge in [0.25, 0.3) is 0 Å². The molecule has 0 fully saturated rings. The Balaban J connectivity index is 2.07. The van der Waals surface area contributed by atoms with Gasteiger partial charge in [-0.15, -0.1) is 11.3 Å². The van der Waals surface area contributed by atoms with Crippen LogP contribution >= 0.6 is 11.3 Å². The third-order valence-corrected chi connectivity index (χ3v) is 4.60. The largest absolute Gasteiger partial charge is 0.493 e. The van der Waals surface area contributed by atoms with Crippen LogP contribution in [0, 0.1) is 5.92 Å². The van der Waals surface area contributed by atoms with Gasteiger partial charge in [0.15, 0.2) is 11.5 Å². The van der Waals surface area contributed by atoms with E-state index in [1.54, 1.807) is 37.7 Å². The average molecular weight is 345 g/mol. The fraction of sp³-hybridized carbons (Fsp3) is 0.316. The van der Waals surface area contributed by atoms with Gasteiger partial charge in [-0.25, -0.2) is 0 Å². The van der Waals surface area contributed by atoms with E-state index in [0.717, 1.165) is 10.4 Å². The lowest BCUT2D eigenvalue weighted by molar-refractivity contribution is -0.117. The molecule has 128 valence electrons. The minimum absolute atomic E-state index is 0.0209. The van der Waals surface area contributed by atoms with E-state index in [4.69, 9.17) is 9.47 Å². The third-order valence-electron chi connectivity index (χ3n) is 3.65. The highest BCUT2D eigenvalue weighted by Gasteiger charge is 2.18. The summed E-state index contributed by atoms with van der Waals surface area (Å²) in [6, 6.07) is 9.60. The number of benzene rings is 1. The van der Waals surface area contributed by atoms with Crippen LogP contribution in [-0.4, -0.2) is 20.1 Å². The molecule has 0 spiro atoms. The van der Waals surface area contributed by atoms with Crippen LogP contribution in [0.25, 0.3) is 6.08 Å². The first kappa shape index (κ1) is 18.1. The molecule has 1 N–H and O–H groups in total. The lowest BCUT2D eigenvalue weighted by Crippen LogP contribution is -2.29. The van der Waals surface area contributed by atoms with E-state index >= 15 is 0 Å². The van der Waals surface area contributed by atoms with Crippen molar-refractivity contribution in [3.05, 3.63) is 52.2 Å². The Morgan fingerprint density at radius 1 is 1.17 bits per heavy atom. The summed E-state index contributed by atoms with van der Waals surface area (Å²) in [6.07, 6.45) is 3.31. The molecule has 0 bridgehead atoms. The van der Waals surface area contributed by atoms with E-state index in [1.165, 1.54) is 0 Å². The van der Waals surface area contributed by atoms with Crippen molar-refractivity contribution >= 4 is 23.3 Å². The molecule has 0 aliphatic carbocycles. The Hall–Kier alpha value is -2.27. The van der Waals surface area contributed by atoms with Gasteiger partial charge in [0.05, 0.1) is 20.3 Å². The monoisotopic (exact) mass is 345 g/mol. The zero-order valence-electron chi connectivity index (χ0n) is 14.4. The number of hydrogen-bond donors (Lipinski definition) is 1. The summed E-state index contributed by atoms with van der Waals surface area (Å²) in [6.45, 7) is 4.20. The minimum atomic E-state index is -0.114. The molecule has 1 atom stereocenters. The fourth-order valence-corrected chi connectivity index (χ4v) is 3.31. The first-order chi connectivity index (χ1) is 11.5. The van der Waals surface area contributed by atoms with Gasteiger partial charge in [0.1, 0.15) is 0 Å². The highest BCUT2D eigenvalue weighted by Crippen LogP contribution is 2.28. The number of ether oxygens (including phenoxy) is 2. The summed E-state index contributed by atoms with van der Waals surface area (Å²) in [5.41, 5.74) is 0.875. The summed E-state index contributed by atoms with van der Waals surface area (Å²) < 4.78 is 10.5. The number of thiophene rings is 1. The third kappa shape index (κ3) is 4.61. The molecule has 1 aromatic heterocycles. The SMILES string of the molecule is COc1ccc(/C=C/C(=O)NC(c2cccs2)C(C)C)cc1OC. The lowest BCUT2D eigenvalue weighted by atomic mass is 10.0. The first-order valence-corrected chi connectivity index (χ1v) is 8.67. The van der Waals surface area contributed by atoms with Gasteiger partial charge in [-0.2, -0.15) is 0 Å². The molecule has 0 aliphatic rings. The van der Waals surface area contributed by atoms with Crippen molar-refractivity contribution in [2.45, 2.75) is 19.9 Å². The Morgan fingerprint density at radius 2 is 1.92 bits per heavy atom. The fourth-order valence-electron chi connectivity index (χ4n) is 2.36. The molecule has 5 heteroatoms. The molecule has 2 rings (SSSR count). The Labute approximate surface area is 147 Å². The van der Waals surface area contributed by atoms with Crippen molar-refractivity contribution in [3.8, 4) is 11.5 Å². The van der Waals surface area contributed by atoms with Crippen LogP contribution < -0.4 is 14.8 Å². The topological polar surface area (TPSA) is 47.6 Å². The molecular weight excluding hydrogens is 322 g/mol. The molecule has 24 heavy (non-hydrogen) atoms. The molecule has 0 radical (unpaired) electrons. The van der Waals surface area contributed by atoms with E-state index in [9.17, 15) is 4.79 Å². The van der Waals surface area contributed by atoms with Crippen LogP contribution in [0.3, 0.4) is 0 Å². The molecule has 1 amide bonds. The smallest absolute Gasteiger partial charge is 0.244 e. The molecule has 1 heterocycles. The molecule has 1 unspecified atom stereocenters. The van der Waals surface area contributed by atoms with Gasteiger partial charge in [-0.1, -0.05) is 26.0 Å². The molecule has 2 aromatic rings. The summed E-state index contributed by atoms with van der Waals surface area (Å²) in [5, 5.41) is 5.09. The molecular formula is C19H23NO3S. The number of carbonyl (C=O) groups excluding carboxylic acids is 1. The average Bonchev–Trinajstić information content (AvgIpc) is 3.11. The van der Waals surface area contributed by atoms with Crippen LogP contribution in [0.5, 0.6) is 11.5 Å². The van der Waals surface area contributed by atoms with Crippen molar-refractivity contribution in [1.29, 1.82) is 0 Å². The van der Waals surface area contributed by atoms with E-state index in [0.29, 0.717) is 17.4 Å². The zero-order chi connectivity index (χ0) is 17.5. The Morgan fingerprint density at radius 3 is 2.50 bits per heavy atom. The second-order valence-electron chi connectivity index (χ2n) is 5.69. The van der Waals surface area contributed by atoms with E-state index in [2.05, 4.69) is 19.2 Å². The van der Waals surface area contributed by atoms with Crippen LogP contribution in [0.1, 0.15) is 30.3 Å². The van der Waals surface area contributed by atoms with Crippen molar-refractivity contribution in [2.75, 3.05) is 14.2 Å². The van der Waals surface area contributed by atoms with E-state index < -0.39 is 0 Å². The van der Waals surface area contributed by atoms with Gasteiger partial charge in [-0.3, -0.25) is 4.79 Å². The van der Waals surface area contributed by atoms with Crippen LogP contribution in [0.15, 0.2) is 41.8 Å². The van der Waals surface area contributed by atoms with Crippen LogP contribution in [0.2, 0.25) is 0 Å². The second kappa shape index (κ2) is 8.55. The van der Waals surface area contributed by atoms with Crippen LogP contribution in [0.4, 0.5) is 0 Å². The number of amides is 1. The van der Waals surface area contributed by atoms with E-state index in [-0.39, 0.29) is 11.9 Å². The first-order valence-electron chi connectivity index (χ1n) is 7.79. The number of hydrogen-bond acceptors (Lipinski definition) is 4. The number of carbonyl (C=O) groups is 1. The molecule has 0 aliphatic heterocycles. The minimum Gasteiger partial charge on any atom is -0.493 e. The number of methoxy groups -OCH3 is 2. The Bertz CT molecular complexity index is 693. The molecule has 1 aromatic carbocycles. The maximum atomic E-state index is 12.3. The maximum absolute atomic E-state index is 12.3. The summed E-state index contributed by atoms with van der Waals surface area (Å²) >= 11 is 1.66. The molecule has 0 saturated carbocycles. The standard InChI is InChI=1S/C19H23NO3S/c1-13(2)19(17-6-5-11-24-17)20-18(21)10-8-14-7-9-15(22-3)16(12-14)23-4/h5-13,19H,1-4H3,(H,20,21)/b10-8+. The van der Waals surface area contributed by atoms with Crippen molar-refractivity contribution in [3.63, 3.8) is 0 Å². The normalized spacial score (nSPS) is 12.4. The van der Waals surface area contributed by atoms with Crippen molar-refractivity contribution < 1.29 is 14.3 Å². The maximum Gasteiger partial charge on any atom is 0.244 e. The van der Waals surface area contributed by atoms with E-state index in [1.807, 2.05) is 35.7 Å². The van der Waals surface area contributed by atoms with Crippen molar-refractivity contribution in [1.82, 2.24) is 5.32 Å². The molecule has 0 saturated heterocycles. The second-order valence-corrected chi connectivity index (χ2v) is 6.67.